The topological polar surface area (TPSA) is 59.6 Å². The van der Waals surface area contributed by atoms with Crippen molar-refractivity contribution >= 4 is 5.91 Å². The molecule has 0 unspecified atom stereocenters. The van der Waals surface area contributed by atoms with Crippen molar-refractivity contribution in [3.05, 3.63) is 29.6 Å². The van der Waals surface area contributed by atoms with Gasteiger partial charge in [0.2, 0.25) is 5.91 Å². The second-order valence-corrected chi connectivity index (χ2v) is 4.59. The van der Waals surface area contributed by atoms with E-state index in [0.717, 1.165) is 5.56 Å². The highest BCUT2D eigenvalue weighted by molar-refractivity contribution is 5.75. The molecule has 0 aromatic heterocycles. The van der Waals surface area contributed by atoms with Crippen LogP contribution in [0.15, 0.2) is 18.2 Å². The van der Waals surface area contributed by atoms with Crippen molar-refractivity contribution in [1.29, 1.82) is 0 Å². The first kappa shape index (κ1) is 17.4. The first-order chi connectivity index (χ1) is 10.2. The minimum atomic E-state index is -0.331. The van der Waals surface area contributed by atoms with E-state index in [-0.39, 0.29) is 11.7 Å². The molecular weight excluding hydrogens is 275 g/mol. The van der Waals surface area contributed by atoms with Gasteiger partial charge in [-0.3, -0.25) is 4.79 Å². The molecule has 0 heterocycles. The summed E-state index contributed by atoms with van der Waals surface area (Å²) in [5.41, 5.74) is 0.812. The molecule has 0 atom stereocenters. The summed E-state index contributed by atoms with van der Waals surface area (Å²) in [4.78, 5) is 11.1. The lowest BCUT2D eigenvalue weighted by molar-refractivity contribution is -0.120. The molecule has 5 nitrogen and oxygen atoms in total. The van der Waals surface area contributed by atoms with E-state index in [1.165, 1.54) is 12.1 Å². The van der Waals surface area contributed by atoms with Crippen LogP contribution in [0.2, 0.25) is 0 Å². The lowest BCUT2D eigenvalue weighted by Crippen LogP contribution is -2.19. The van der Waals surface area contributed by atoms with Gasteiger partial charge in [0.05, 0.1) is 13.2 Å². The Morgan fingerprint density at radius 3 is 2.81 bits per heavy atom. The highest BCUT2D eigenvalue weighted by Crippen LogP contribution is 2.16. The molecular formula is C15H23FN2O3. The number of rotatable bonds is 10. The maximum Gasteiger partial charge on any atom is 0.219 e. The molecule has 0 fully saturated rings. The number of benzene rings is 1. The maximum absolute atomic E-state index is 13.5. The Morgan fingerprint density at radius 2 is 2.10 bits per heavy atom. The van der Waals surface area contributed by atoms with Crippen molar-refractivity contribution in [1.82, 2.24) is 10.6 Å². The predicted molar refractivity (Wildman–Crippen MR) is 78.8 cm³/mol. The zero-order valence-electron chi connectivity index (χ0n) is 12.6. The molecule has 6 heteroatoms. The smallest absolute Gasteiger partial charge is 0.219 e. The molecule has 0 spiro atoms. The van der Waals surface area contributed by atoms with Crippen molar-refractivity contribution in [2.75, 3.05) is 33.9 Å². The van der Waals surface area contributed by atoms with Crippen molar-refractivity contribution < 1.29 is 18.7 Å². The number of hydrogen-bond donors (Lipinski definition) is 2. The first-order valence-electron chi connectivity index (χ1n) is 6.98. The summed E-state index contributed by atoms with van der Waals surface area (Å²) in [5, 5.41) is 5.69. The fourth-order valence-corrected chi connectivity index (χ4v) is 1.76. The van der Waals surface area contributed by atoms with Crippen LogP contribution in [0, 0.1) is 5.82 Å². The SMILES string of the molecule is CNC(=O)CCCOc1cc(F)cc(CNCCOC)c1. The number of halogens is 1. The summed E-state index contributed by atoms with van der Waals surface area (Å²) < 4.78 is 23.9. The number of hydrogen-bond acceptors (Lipinski definition) is 4. The molecule has 0 bridgehead atoms. The van der Waals surface area contributed by atoms with E-state index in [2.05, 4.69) is 10.6 Å². The Balaban J connectivity index is 2.39. The van der Waals surface area contributed by atoms with Crippen LogP contribution in [0.1, 0.15) is 18.4 Å². The van der Waals surface area contributed by atoms with Crippen molar-refractivity contribution in [2.45, 2.75) is 19.4 Å². The van der Waals surface area contributed by atoms with Crippen LogP contribution in [0.3, 0.4) is 0 Å². The van der Waals surface area contributed by atoms with Crippen molar-refractivity contribution in [3.8, 4) is 5.75 Å². The molecule has 0 radical (unpaired) electrons. The zero-order chi connectivity index (χ0) is 15.5. The Hall–Kier alpha value is -1.66. The third-order valence-corrected chi connectivity index (χ3v) is 2.84. The van der Waals surface area contributed by atoms with Crippen LogP contribution in [-0.4, -0.2) is 39.8 Å². The van der Waals surface area contributed by atoms with Gasteiger partial charge in [0, 0.05) is 39.7 Å². The number of ether oxygens (including phenoxy) is 2. The van der Waals surface area contributed by atoms with Gasteiger partial charge in [-0.25, -0.2) is 4.39 Å². The summed E-state index contributed by atoms with van der Waals surface area (Å²) in [5.74, 6) is 0.124. The Bertz CT molecular complexity index is 441. The molecule has 1 aromatic carbocycles. The zero-order valence-corrected chi connectivity index (χ0v) is 12.6. The molecule has 1 aromatic rings. The monoisotopic (exact) mass is 298 g/mol. The molecule has 0 aliphatic rings. The quantitative estimate of drug-likeness (QED) is 0.642. The van der Waals surface area contributed by atoms with Gasteiger partial charge in [0.25, 0.3) is 0 Å². The van der Waals surface area contributed by atoms with Crippen LogP contribution >= 0.6 is 0 Å². The summed E-state index contributed by atoms with van der Waals surface area (Å²) >= 11 is 0. The van der Waals surface area contributed by atoms with E-state index in [0.29, 0.717) is 44.9 Å². The maximum atomic E-state index is 13.5. The molecule has 118 valence electrons. The van der Waals surface area contributed by atoms with Crippen LogP contribution in [0.4, 0.5) is 4.39 Å². The Labute approximate surface area is 124 Å². The number of nitrogens with one attached hydrogen (secondary N) is 2. The Morgan fingerprint density at radius 1 is 1.29 bits per heavy atom. The normalized spacial score (nSPS) is 10.4. The van der Waals surface area contributed by atoms with E-state index in [4.69, 9.17) is 9.47 Å². The van der Waals surface area contributed by atoms with Crippen molar-refractivity contribution in [2.24, 2.45) is 0 Å². The number of methoxy groups -OCH3 is 1. The van der Waals surface area contributed by atoms with E-state index in [1.807, 2.05) is 0 Å². The largest absolute Gasteiger partial charge is 0.493 e. The summed E-state index contributed by atoms with van der Waals surface area (Å²) in [6.45, 7) is 2.25. The molecule has 0 saturated heterocycles. The average molecular weight is 298 g/mol. The second kappa shape index (κ2) is 10.1. The van der Waals surface area contributed by atoms with Gasteiger partial charge in [0.1, 0.15) is 11.6 Å². The first-order valence-corrected chi connectivity index (χ1v) is 6.98. The van der Waals surface area contributed by atoms with Crippen LogP contribution < -0.4 is 15.4 Å². The van der Waals surface area contributed by atoms with Gasteiger partial charge in [0.15, 0.2) is 0 Å². The molecule has 0 saturated carbocycles. The molecule has 1 amide bonds. The standard InChI is InChI=1S/C15H23FN2O3/c1-17-15(19)4-3-6-21-14-9-12(8-13(16)10-14)11-18-5-7-20-2/h8-10,18H,3-7,11H2,1-2H3,(H,17,19). The van der Waals surface area contributed by atoms with Gasteiger partial charge in [-0.15, -0.1) is 0 Å². The molecule has 21 heavy (non-hydrogen) atoms. The third kappa shape index (κ3) is 7.63. The summed E-state index contributed by atoms with van der Waals surface area (Å²) in [6.07, 6.45) is 0.995. The summed E-state index contributed by atoms with van der Waals surface area (Å²) in [7, 11) is 3.23. The van der Waals surface area contributed by atoms with Gasteiger partial charge in [-0.05, 0) is 24.1 Å². The number of amides is 1. The van der Waals surface area contributed by atoms with Gasteiger partial charge in [-0.2, -0.15) is 0 Å². The lowest BCUT2D eigenvalue weighted by atomic mass is 10.2. The van der Waals surface area contributed by atoms with E-state index >= 15 is 0 Å². The molecule has 0 aliphatic heterocycles. The fourth-order valence-electron chi connectivity index (χ4n) is 1.76. The van der Waals surface area contributed by atoms with Gasteiger partial charge >= 0.3 is 0 Å². The third-order valence-electron chi connectivity index (χ3n) is 2.84. The molecule has 1 rings (SSSR count). The highest BCUT2D eigenvalue weighted by atomic mass is 19.1. The minimum Gasteiger partial charge on any atom is -0.493 e. The van der Waals surface area contributed by atoms with Crippen LogP contribution in [0.25, 0.3) is 0 Å². The van der Waals surface area contributed by atoms with Gasteiger partial charge < -0.3 is 20.1 Å². The molecule has 0 aliphatic carbocycles. The fraction of sp³-hybridized carbons (Fsp3) is 0.533. The summed E-state index contributed by atoms with van der Waals surface area (Å²) in [6, 6.07) is 4.61. The number of carbonyl (C=O) groups excluding carboxylic acids is 1. The van der Waals surface area contributed by atoms with E-state index in [9.17, 15) is 9.18 Å². The predicted octanol–water partition coefficient (Wildman–Crippen LogP) is 1.47. The van der Waals surface area contributed by atoms with E-state index < -0.39 is 0 Å². The number of carbonyl (C=O) groups is 1. The molecule has 2 N–H and O–H groups in total. The van der Waals surface area contributed by atoms with Crippen LogP contribution in [-0.2, 0) is 16.1 Å². The lowest BCUT2D eigenvalue weighted by Gasteiger charge is -2.09. The second-order valence-electron chi connectivity index (χ2n) is 4.59. The minimum absolute atomic E-state index is 0.0270. The Kier molecular flexibility index (Phi) is 8.38. The average Bonchev–Trinajstić information content (AvgIpc) is 2.47. The van der Waals surface area contributed by atoms with Crippen molar-refractivity contribution in [3.63, 3.8) is 0 Å². The highest BCUT2D eigenvalue weighted by Gasteiger charge is 2.03. The van der Waals surface area contributed by atoms with Crippen LogP contribution in [0.5, 0.6) is 5.75 Å². The van der Waals surface area contributed by atoms with Gasteiger partial charge in [-0.1, -0.05) is 0 Å². The van der Waals surface area contributed by atoms with E-state index in [1.54, 1.807) is 20.2 Å².